The normalized spacial score (nSPS) is 21.6. The molecule has 1 unspecified atom stereocenters. The molecule has 1 saturated heterocycles. The van der Waals surface area contributed by atoms with E-state index in [4.69, 9.17) is 4.74 Å². The molecular formula is C19H25NO2. The third-order valence-corrected chi connectivity index (χ3v) is 4.19. The van der Waals surface area contributed by atoms with E-state index < -0.39 is 5.41 Å². The van der Waals surface area contributed by atoms with Crippen LogP contribution < -0.4 is 0 Å². The van der Waals surface area contributed by atoms with Crippen molar-refractivity contribution in [3.8, 4) is 0 Å². The second kappa shape index (κ2) is 7.95. The fraction of sp³-hybridized carbons (Fsp3) is 0.421. The molecule has 1 heterocycles. The van der Waals surface area contributed by atoms with E-state index in [9.17, 15) is 4.79 Å². The van der Waals surface area contributed by atoms with Crippen molar-refractivity contribution in [3.05, 3.63) is 61.2 Å². The summed E-state index contributed by atoms with van der Waals surface area (Å²) in [5, 5.41) is 0. The van der Waals surface area contributed by atoms with Crippen molar-refractivity contribution in [3.63, 3.8) is 0 Å². The number of benzene rings is 1. The molecule has 1 aliphatic rings. The number of amides is 1. The van der Waals surface area contributed by atoms with Crippen molar-refractivity contribution in [1.82, 2.24) is 4.90 Å². The van der Waals surface area contributed by atoms with E-state index in [1.807, 2.05) is 29.2 Å². The zero-order valence-corrected chi connectivity index (χ0v) is 13.2. The number of piperidine rings is 1. The molecule has 3 nitrogen and oxygen atoms in total. The first-order valence-electron chi connectivity index (χ1n) is 7.85. The Morgan fingerprint density at radius 1 is 1.23 bits per heavy atom. The van der Waals surface area contributed by atoms with Crippen molar-refractivity contribution in [2.24, 2.45) is 5.41 Å². The van der Waals surface area contributed by atoms with E-state index in [1.54, 1.807) is 6.08 Å². The summed E-state index contributed by atoms with van der Waals surface area (Å²) in [7, 11) is 0. The standard InChI is InChI=1S/C19H25NO2/c1-3-11-19(16-22-14-4-2)12-8-13-20(18(19)21)15-17-9-6-5-7-10-17/h3-7,9-10H,1-2,8,11-16H2. The minimum Gasteiger partial charge on any atom is -0.376 e. The largest absolute Gasteiger partial charge is 0.376 e. The van der Waals surface area contributed by atoms with Crippen LogP contribution in [0.5, 0.6) is 0 Å². The molecular weight excluding hydrogens is 274 g/mol. The Labute approximate surface area is 133 Å². The van der Waals surface area contributed by atoms with E-state index >= 15 is 0 Å². The van der Waals surface area contributed by atoms with Crippen molar-refractivity contribution in [2.45, 2.75) is 25.8 Å². The molecule has 2 rings (SSSR count). The third kappa shape index (κ3) is 3.86. The molecule has 0 aromatic heterocycles. The van der Waals surface area contributed by atoms with Crippen molar-refractivity contribution < 1.29 is 9.53 Å². The molecule has 3 heteroatoms. The van der Waals surface area contributed by atoms with Crippen LogP contribution in [0.3, 0.4) is 0 Å². The van der Waals surface area contributed by atoms with Gasteiger partial charge < -0.3 is 9.64 Å². The number of allylic oxidation sites excluding steroid dienone is 1. The monoisotopic (exact) mass is 299 g/mol. The van der Waals surface area contributed by atoms with E-state index in [2.05, 4.69) is 25.3 Å². The summed E-state index contributed by atoms with van der Waals surface area (Å²) in [6.07, 6.45) is 6.08. The van der Waals surface area contributed by atoms with Crippen LogP contribution in [0, 0.1) is 5.41 Å². The molecule has 1 amide bonds. The summed E-state index contributed by atoms with van der Waals surface area (Å²) in [4.78, 5) is 15.0. The molecule has 1 fully saturated rings. The van der Waals surface area contributed by atoms with Gasteiger partial charge >= 0.3 is 0 Å². The van der Waals surface area contributed by atoms with Gasteiger partial charge in [0.2, 0.25) is 5.91 Å². The molecule has 118 valence electrons. The molecule has 0 aliphatic carbocycles. The number of hydrogen-bond acceptors (Lipinski definition) is 2. The fourth-order valence-corrected chi connectivity index (χ4v) is 3.10. The van der Waals surface area contributed by atoms with Crippen molar-refractivity contribution in [2.75, 3.05) is 19.8 Å². The summed E-state index contributed by atoms with van der Waals surface area (Å²) in [6.45, 7) is 9.88. The SMILES string of the molecule is C=CCOCC1(CC=C)CCCN(Cc2ccccc2)C1=O. The highest BCUT2D eigenvalue weighted by Crippen LogP contribution is 2.36. The van der Waals surface area contributed by atoms with Gasteiger partial charge in [0, 0.05) is 13.1 Å². The number of likely N-dealkylation sites (tertiary alicyclic amines) is 1. The van der Waals surface area contributed by atoms with Crippen LogP contribution in [-0.4, -0.2) is 30.6 Å². The van der Waals surface area contributed by atoms with Crippen LogP contribution in [0.4, 0.5) is 0 Å². The predicted molar refractivity (Wildman–Crippen MR) is 89.4 cm³/mol. The minimum atomic E-state index is -0.461. The van der Waals surface area contributed by atoms with Gasteiger partial charge in [-0.25, -0.2) is 0 Å². The van der Waals surface area contributed by atoms with E-state index in [0.717, 1.165) is 24.9 Å². The van der Waals surface area contributed by atoms with Gasteiger partial charge in [0.15, 0.2) is 0 Å². The average Bonchev–Trinajstić information content (AvgIpc) is 2.53. The summed E-state index contributed by atoms with van der Waals surface area (Å²) in [6, 6.07) is 10.1. The van der Waals surface area contributed by atoms with Crippen LogP contribution in [0.1, 0.15) is 24.8 Å². The summed E-state index contributed by atoms with van der Waals surface area (Å²) in [5.74, 6) is 0.187. The van der Waals surface area contributed by atoms with Gasteiger partial charge in [0.25, 0.3) is 0 Å². The van der Waals surface area contributed by atoms with Gasteiger partial charge in [-0.3, -0.25) is 4.79 Å². The Hall–Kier alpha value is -1.87. The molecule has 0 spiro atoms. The average molecular weight is 299 g/mol. The Balaban J connectivity index is 2.11. The van der Waals surface area contributed by atoms with Crippen molar-refractivity contribution in [1.29, 1.82) is 0 Å². The highest BCUT2D eigenvalue weighted by molar-refractivity contribution is 5.84. The second-order valence-corrected chi connectivity index (χ2v) is 5.89. The zero-order chi connectivity index (χ0) is 15.8. The number of rotatable bonds is 8. The number of nitrogens with zero attached hydrogens (tertiary/aromatic N) is 1. The summed E-state index contributed by atoms with van der Waals surface area (Å²) >= 11 is 0. The van der Waals surface area contributed by atoms with Gasteiger partial charge in [-0.1, -0.05) is 42.5 Å². The van der Waals surface area contributed by atoms with Gasteiger partial charge in [0.05, 0.1) is 18.6 Å². The Kier molecular flexibility index (Phi) is 5.96. The highest BCUT2D eigenvalue weighted by atomic mass is 16.5. The van der Waals surface area contributed by atoms with E-state index in [-0.39, 0.29) is 5.91 Å². The lowest BCUT2D eigenvalue weighted by Crippen LogP contribution is -2.50. The first-order chi connectivity index (χ1) is 10.7. The lowest BCUT2D eigenvalue weighted by atomic mass is 9.76. The summed E-state index contributed by atoms with van der Waals surface area (Å²) < 4.78 is 5.63. The van der Waals surface area contributed by atoms with Gasteiger partial charge in [-0.05, 0) is 24.8 Å². The van der Waals surface area contributed by atoms with Crippen LogP contribution in [0.2, 0.25) is 0 Å². The van der Waals surface area contributed by atoms with Crippen LogP contribution in [-0.2, 0) is 16.1 Å². The Morgan fingerprint density at radius 2 is 2.00 bits per heavy atom. The molecule has 1 aromatic rings. The van der Waals surface area contributed by atoms with Crippen molar-refractivity contribution >= 4 is 5.91 Å². The predicted octanol–water partition coefficient (Wildman–Crippen LogP) is 3.57. The molecule has 0 saturated carbocycles. The van der Waals surface area contributed by atoms with Gasteiger partial charge in [-0.15, -0.1) is 13.2 Å². The molecule has 0 bridgehead atoms. The molecule has 1 aliphatic heterocycles. The number of carbonyl (C=O) groups is 1. The summed E-state index contributed by atoms with van der Waals surface area (Å²) in [5.41, 5.74) is 0.704. The number of ether oxygens (including phenoxy) is 1. The van der Waals surface area contributed by atoms with E-state index in [1.165, 1.54) is 0 Å². The van der Waals surface area contributed by atoms with Gasteiger partial charge in [-0.2, -0.15) is 0 Å². The Bertz CT molecular complexity index is 511. The minimum absolute atomic E-state index is 0.187. The smallest absolute Gasteiger partial charge is 0.231 e. The molecule has 1 aromatic carbocycles. The fourth-order valence-electron chi connectivity index (χ4n) is 3.10. The van der Waals surface area contributed by atoms with E-state index in [0.29, 0.717) is 26.2 Å². The lowest BCUT2D eigenvalue weighted by molar-refractivity contribution is -0.151. The highest BCUT2D eigenvalue weighted by Gasteiger charge is 2.43. The first kappa shape index (κ1) is 16.5. The molecule has 0 N–H and O–H groups in total. The first-order valence-corrected chi connectivity index (χ1v) is 7.85. The maximum absolute atomic E-state index is 13.0. The topological polar surface area (TPSA) is 29.5 Å². The van der Waals surface area contributed by atoms with Gasteiger partial charge in [0.1, 0.15) is 0 Å². The molecule has 1 atom stereocenters. The molecule has 22 heavy (non-hydrogen) atoms. The van der Waals surface area contributed by atoms with Crippen LogP contribution >= 0.6 is 0 Å². The van der Waals surface area contributed by atoms with Crippen LogP contribution in [0.25, 0.3) is 0 Å². The second-order valence-electron chi connectivity index (χ2n) is 5.89. The zero-order valence-electron chi connectivity index (χ0n) is 13.2. The molecule has 0 radical (unpaired) electrons. The maximum Gasteiger partial charge on any atom is 0.231 e. The number of carbonyl (C=O) groups excluding carboxylic acids is 1. The lowest BCUT2D eigenvalue weighted by Gasteiger charge is -2.41. The Morgan fingerprint density at radius 3 is 2.68 bits per heavy atom. The number of hydrogen-bond donors (Lipinski definition) is 0. The van der Waals surface area contributed by atoms with Crippen LogP contribution in [0.15, 0.2) is 55.6 Å². The quantitative estimate of drug-likeness (QED) is 0.542. The third-order valence-electron chi connectivity index (χ3n) is 4.19. The maximum atomic E-state index is 13.0.